The topological polar surface area (TPSA) is 84.9 Å². The van der Waals surface area contributed by atoms with Crippen LogP contribution in [-0.2, 0) is 0 Å². The van der Waals surface area contributed by atoms with E-state index < -0.39 is 5.91 Å². The highest BCUT2D eigenvalue weighted by molar-refractivity contribution is 7.10. The first-order valence-electron chi connectivity index (χ1n) is 4.42. The average molecular weight is 221 g/mol. The number of hydrogen-bond acceptors (Lipinski definition) is 3. The molecule has 78 valence electrons. The predicted octanol–water partition coefficient (Wildman–Crippen LogP) is 1.73. The van der Waals surface area contributed by atoms with Crippen molar-refractivity contribution < 1.29 is 4.79 Å². The van der Waals surface area contributed by atoms with Crippen LogP contribution in [0, 0.1) is 6.92 Å². The third-order valence-electron chi connectivity index (χ3n) is 2.26. The Kier molecular flexibility index (Phi) is 2.24. The molecule has 2 rings (SSSR count). The Morgan fingerprint density at radius 3 is 2.73 bits per heavy atom. The Morgan fingerprint density at radius 1 is 1.53 bits per heavy atom. The third kappa shape index (κ3) is 1.61. The number of aryl methyl sites for hydroxylation is 1. The lowest BCUT2D eigenvalue weighted by atomic mass is 10.2. The highest BCUT2D eigenvalue weighted by Gasteiger charge is 2.12. The first kappa shape index (κ1) is 9.79. The molecule has 0 radical (unpaired) electrons. The fourth-order valence-corrected chi connectivity index (χ4v) is 2.20. The summed E-state index contributed by atoms with van der Waals surface area (Å²) < 4.78 is 0. The summed E-state index contributed by atoms with van der Waals surface area (Å²) in [5, 5.41) is 1.99. The van der Waals surface area contributed by atoms with E-state index in [-0.39, 0.29) is 0 Å². The number of primary amides is 1. The number of nitrogens with one attached hydrogen (secondary N) is 1. The number of hydrogen-bond donors (Lipinski definition) is 3. The molecule has 4 nitrogen and oxygen atoms in total. The SMILES string of the molecule is Cc1sccc1-c1cc(C(N)=O)c(N)[nH]1. The lowest BCUT2D eigenvalue weighted by Gasteiger charge is -1.94. The molecule has 0 bridgehead atoms. The molecular formula is C10H11N3OS. The second-order valence-electron chi connectivity index (χ2n) is 3.27. The van der Waals surface area contributed by atoms with Crippen molar-refractivity contribution in [2.24, 2.45) is 5.73 Å². The summed E-state index contributed by atoms with van der Waals surface area (Å²) in [5.74, 6) is -0.189. The van der Waals surface area contributed by atoms with Gasteiger partial charge in [-0.3, -0.25) is 4.79 Å². The smallest absolute Gasteiger partial charge is 0.252 e. The van der Waals surface area contributed by atoms with Gasteiger partial charge in [-0.15, -0.1) is 11.3 Å². The summed E-state index contributed by atoms with van der Waals surface area (Å²) in [6.07, 6.45) is 0. The van der Waals surface area contributed by atoms with Crippen molar-refractivity contribution in [2.45, 2.75) is 6.92 Å². The average Bonchev–Trinajstić information content (AvgIpc) is 2.71. The normalized spacial score (nSPS) is 10.5. The van der Waals surface area contributed by atoms with Gasteiger partial charge in [0.25, 0.3) is 5.91 Å². The number of nitrogen functional groups attached to an aromatic ring is 1. The molecule has 2 heterocycles. The molecule has 1 amide bonds. The van der Waals surface area contributed by atoms with Crippen LogP contribution in [0.2, 0.25) is 0 Å². The van der Waals surface area contributed by atoms with Gasteiger partial charge in [-0.1, -0.05) is 0 Å². The van der Waals surface area contributed by atoms with E-state index in [4.69, 9.17) is 11.5 Å². The molecule has 0 saturated carbocycles. The Morgan fingerprint density at radius 2 is 2.27 bits per heavy atom. The second-order valence-corrected chi connectivity index (χ2v) is 4.39. The summed E-state index contributed by atoms with van der Waals surface area (Å²) in [5.41, 5.74) is 13.1. The lowest BCUT2D eigenvalue weighted by molar-refractivity contribution is 0.100. The highest BCUT2D eigenvalue weighted by Crippen LogP contribution is 2.29. The number of anilines is 1. The van der Waals surface area contributed by atoms with Gasteiger partial charge in [-0.05, 0) is 24.4 Å². The van der Waals surface area contributed by atoms with Crippen molar-refractivity contribution >= 4 is 23.1 Å². The molecule has 0 saturated heterocycles. The Balaban J connectivity index is 2.52. The molecule has 15 heavy (non-hydrogen) atoms. The minimum absolute atomic E-state index is 0.322. The largest absolute Gasteiger partial charge is 0.385 e. The Bertz CT molecular complexity index is 512. The molecule has 0 fully saturated rings. The third-order valence-corrected chi connectivity index (χ3v) is 3.11. The van der Waals surface area contributed by atoms with E-state index in [2.05, 4.69) is 4.98 Å². The highest BCUT2D eigenvalue weighted by atomic mass is 32.1. The summed E-state index contributed by atoms with van der Waals surface area (Å²) in [7, 11) is 0. The standard InChI is InChI=1S/C10H11N3OS/c1-5-6(2-3-15-5)8-4-7(10(12)14)9(11)13-8/h2-4,13H,11H2,1H3,(H2,12,14). The van der Waals surface area contributed by atoms with Gasteiger partial charge in [0.05, 0.1) is 5.56 Å². The van der Waals surface area contributed by atoms with Crippen molar-refractivity contribution in [2.75, 3.05) is 5.73 Å². The van der Waals surface area contributed by atoms with Crippen LogP contribution in [0.1, 0.15) is 15.2 Å². The zero-order chi connectivity index (χ0) is 11.0. The number of carbonyl (C=O) groups is 1. The van der Waals surface area contributed by atoms with Crippen LogP contribution < -0.4 is 11.5 Å². The number of thiophene rings is 1. The predicted molar refractivity (Wildman–Crippen MR) is 61.8 cm³/mol. The van der Waals surface area contributed by atoms with Crippen LogP contribution in [0.5, 0.6) is 0 Å². The van der Waals surface area contributed by atoms with Crippen LogP contribution in [0.15, 0.2) is 17.5 Å². The molecule has 2 aromatic heterocycles. The summed E-state index contributed by atoms with van der Waals surface area (Å²) >= 11 is 1.65. The lowest BCUT2D eigenvalue weighted by Crippen LogP contribution is -2.11. The molecule has 0 spiro atoms. The number of H-pyrrole nitrogens is 1. The zero-order valence-corrected chi connectivity index (χ0v) is 9.02. The maximum Gasteiger partial charge on any atom is 0.252 e. The second kappa shape index (κ2) is 3.43. The molecule has 2 aromatic rings. The van der Waals surface area contributed by atoms with Crippen LogP contribution in [-0.4, -0.2) is 10.9 Å². The van der Waals surface area contributed by atoms with Gasteiger partial charge in [0.2, 0.25) is 0 Å². The van der Waals surface area contributed by atoms with Crippen LogP contribution in [0.3, 0.4) is 0 Å². The molecule has 0 atom stereocenters. The van der Waals surface area contributed by atoms with Crippen molar-refractivity contribution in [1.82, 2.24) is 4.98 Å². The van der Waals surface area contributed by atoms with Crippen LogP contribution in [0.4, 0.5) is 5.82 Å². The van der Waals surface area contributed by atoms with Crippen LogP contribution >= 0.6 is 11.3 Å². The van der Waals surface area contributed by atoms with Crippen molar-refractivity contribution in [3.63, 3.8) is 0 Å². The van der Waals surface area contributed by atoms with E-state index in [9.17, 15) is 4.79 Å². The fourth-order valence-electron chi connectivity index (χ4n) is 1.48. The maximum atomic E-state index is 11.0. The molecule has 5 heteroatoms. The zero-order valence-electron chi connectivity index (χ0n) is 8.20. The molecule has 0 unspecified atom stereocenters. The summed E-state index contributed by atoms with van der Waals surface area (Å²) in [6, 6.07) is 3.67. The monoisotopic (exact) mass is 221 g/mol. The first-order chi connectivity index (χ1) is 7.09. The van der Waals surface area contributed by atoms with Gasteiger partial charge in [-0.25, -0.2) is 0 Å². The van der Waals surface area contributed by atoms with E-state index >= 15 is 0 Å². The minimum Gasteiger partial charge on any atom is -0.385 e. The molecule has 0 aliphatic carbocycles. The Labute approximate surface area is 90.9 Å². The number of nitrogens with two attached hydrogens (primary N) is 2. The summed E-state index contributed by atoms with van der Waals surface area (Å²) in [4.78, 5) is 15.1. The summed E-state index contributed by atoms with van der Waals surface area (Å²) in [6.45, 7) is 2.01. The Hall–Kier alpha value is -1.75. The minimum atomic E-state index is -0.511. The van der Waals surface area contributed by atoms with Crippen LogP contribution in [0.25, 0.3) is 11.3 Å². The number of rotatable bonds is 2. The molecule has 5 N–H and O–H groups in total. The molecule has 0 aliphatic rings. The van der Waals surface area contributed by atoms with Gasteiger partial charge in [0.15, 0.2) is 0 Å². The van der Waals surface area contributed by atoms with Gasteiger partial charge in [-0.2, -0.15) is 0 Å². The van der Waals surface area contributed by atoms with E-state index in [1.807, 2.05) is 18.4 Å². The van der Waals surface area contributed by atoms with E-state index in [1.54, 1.807) is 17.4 Å². The molecule has 0 aliphatic heterocycles. The van der Waals surface area contributed by atoms with Gasteiger partial charge in [0, 0.05) is 16.1 Å². The number of amides is 1. The van der Waals surface area contributed by atoms with Crippen molar-refractivity contribution in [3.8, 4) is 11.3 Å². The first-order valence-corrected chi connectivity index (χ1v) is 5.30. The van der Waals surface area contributed by atoms with Gasteiger partial charge >= 0.3 is 0 Å². The fraction of sp³-hybridized carbons (Fsp3) is 0.100. The molecular weight excluding hydrogens is 210 g/mol. The quantitative estimate of drug-likeness (QED) is 0.721. The number of carbonyl (C=O) groups excluding carboxylic acids is 1. The maximum absolute atomic E-state index is 11.0. The van der Waals surface area contributed by atoms with E-state index in [0.717, 1.165) is 11.3 Å². The van der Waals surface area contributed by atoms with E-state index in [0.29, 0.717) is 11.4 Å². The van der Waals surface area contributed by atoms with Crippen molar-refractivity contribution in [3.05, 3.63) is 28.0 Å². The van der Waals surface area contributed by atoms with Gasteiger partial charge in [0.1, 0.15) is 5.82 Å². The molecule has 0 aromatic carbocycles. The van der Waals surface area contributed by atoms with Gasteiger partial charge < -0.3 is 16.5 Å². The number of aromatic nitrogens is 1. The number of aromatic amines is 1. The van der Waals surface area contributed by atoms with E-state index in [1.165, 1.54) is 4.88 Å². The van der Waals surface area contributed by atoms with Crippen molar-refractivity contribution in [1.29, 1.82) is 0 Å².